The molecule has 0 aromatic carbocycles. The lowest BCUT2D eigenvalue weighted by Crippen LogP contribution is -2.15. The third kappa shape index (κ3) is 6.22. The Morgan fingerprint density at radius 1 is 1.14 bits per heavy atom. The van der Waals surface area contributed by atoms with Gasteiger partial charge in [0.2, 0.25) is 0 Å². The first-order valence-electron chi connectivity index (χ1n) is 4.71. The molecular weight excluding hydrogens is 184 g/mol. The Hall–Kier alpha value is -1.32. The summed E-state index contributed by atoms with van der Waals surface area (Å²) < 4.78 is 9.51. The van der Waals surface area contributed by atoms with Gasteiger partial charge in [0.05, 0.1) is 19.5 Å². The van der Waals surface area contributed by atoms with E-state index in [1.54, 1.807) is 0 Å². The van der Waals surface area contributed by atoms with E-state index in [1.165, 1.54) is 6.26 Å². The zero-order valence-electron chi connectivity index (χ0n) is 8.62. The highest BCUT2D eigenvalue weighted by atomic mass is 16.5. The van der Waals surface area contributed by atoms with Crippen LogP contribution in [0, 0.1) is 0 Å². The van der Waals surface area contributed by atoms with E-state index in [-0.39, 0.29) is 6.61 Å². The zero-order valence-corrected chi connectivity index (χ0v) is 8.62. The van der Waals surface area contributed by atoms with Crippen LogP contribution in [-0.4, -0.2) is 25.0 Å². The Morgan fingerprint density at radius 3 is 2.36 bits per heavy atom. The van der Waals surface area contributed by atoms with Crippen LogP contribution in [0.3, 0.4) is 0 Å². The molecule has 80 valence electrons. The van der Waals surface area contributed by atoms with Gasteiger partial charge in [-0.05, 0) is 12.8 Å². The summed E-state index contributed by atoms with van der Waals surface area (Å²) in [5.74, 6) is -1.52. The predicted molar refractivity (Wildman–Crippen MR) is 51.6 cm³/mol. The van der Waals surface area contributed by atoms with E-state index in [1.807, 2.05) is 13.8 Å². The Kier molecular flexibility index (Phi) is 7.50. The molecule has 0 N–H and O–H groups in total. The van der Waals surface area contributed by atoms with Crippen molar-refractivity contribution in [3.05, 3.63) is 12.3 Å². The van der Waals surface area contributed by atoms with E-state index < -0.39 is 11.8 Å². The number of carbonyl (C=O) groups is 2. The minimum Gasteiger partial charge on any atom is -0.501 e. The molecule has 0 radical (unpaired) electrons. The number of esters is 1. The maximum absolute atomic E-state index is 11.0. The normalized spacial score (nSPS) is 10.1. The topological polar surface area (TPSA) is 52.6 Å². The molecule has 0 fully saturated rings. The first kappa shape index (κ1) is 12.7. The quantitative estimate of drug-likeness (QED) is 0.205. The lowest BCUT2D eigenvalue weighted by atomic mass is 10.4. The van der Waals surface area contributed by atoms with E-state index in [0.717, 1.165) is 12.5 Å². The molecule has 14 heavy (non-hydrogen) atoms. The zero-order chi connectivity index (χ0) is 10.8. The van der Waals surface area contributed by atoms with Crippen LogP contribution in [0.4, 0.5) is 0 Å². The average molecular weight is 200 g/mol. The molecule has 4 nitrogen and oxygen atoms in total. The molecule has 0 unspecified atom stereocenters. The number of hydrogen-bond donors (Lipinski definition) is 0. The van der Waals surface area contributed by atoms with Crippen LogP contribution in [0.15, 0.2) is 12.3 Å². The average Bonchev–Trinajstić information content (AvgIpc) is 2.20. The summed E-state index contributed by atoms with van der Waals surface area (Å²) in [6, 6.07) is 0. The molecule has 0 aromatic rings. The minimum atomic E-state index is -0.830. The lowest BCUT2D eigenvalue weighted by molar-refractivity contribution is -0.151. The fourth-order valence-electron chi connectivity index (χ4n) is 0.630. The largest absolute Gasteiger partial charge is 0.501 e. The van der Waals surface area contributed by atoms with Gasteiger partial charge < -0.3 is 9.47 Å². The molecule has 0 heterocycles. The van der Waals surface area contributed by atoms with Gasteiger partial charge in [0.15, 0.2) is 0 Å². The summed E-state index contributed by atoms with van der Waals surface area (Å²) >= 11 is 0. The Labute approximate surface area is 83.9 Å². The molecule has 0 saturated carbocycles. The van der Waals surface area contributed by atoms with E-state index >= 15 is 0 Å². The highest BCUT2D eigenvalue weighted by Crippen LogP contribution is 1.88. The monoisotopic (exact) mass is 200 g/mol. The Morgan fingerprint density at radius 2 is 1.79 bits per heavy atom. The van der Waals surface area contributed by atoms with Crippen molar-refractivity contribution < 1.29 is 19.1 Å². The third-order valence-electron chi connectivity index (χ3n) is 1.28. The first-order valence-corrected chi connectivity index (χ1v) is 4.71. The number of ether oxygens (including phenoxy) is 2. The van der Waals surface area contributed by atoms with Crippen molar-refractivity contribution in [1.29, 1.82) is 0 Å². The van der Waals surface area contributed by atoms with Gasteiger partial charge in [-0.25, -0.2) is 4.79 Å². The van der Waals surface area contributed by atoms with E-state index in [0.29, 0.717) is 13.0 Å². The van der Waals surface area contributed by atoms with Crippen LogP contribution < -0.4 is 0 Å². The second kappa shape index (κ2) is 8.29. The van der Waals surface area contributed by atoms with Gasteiger partial charge in [0.25, 0.3) is 5.78 Å². The van der Waals surface area contributed by atoms with E-state index in [4.69, 9.17) is 4.74 Å². The molecule has 0 spiro atoms. The van der Waals surface area contributed by atoms with Crippen LogP contribution in [0.1, 0.15) is 26.7 Å². The minimum absolute atomic E-state index is 0.272. The van der Waals surface area contributed by atoms with Crippen molar-refractivity contribution in [2.45, 2.75) is 26.7 Å². The summed E-state index contributed by atoms with van der Waals surface area (Å²) in [5, 5.41) is 0. The SMILES string of the molecule is CCCOC=CC(=O)C(=O)OCCC. The van der Waals surface area contributed by atoms with Crippen molar-refractivity contribution in [3.63, 3.8) is 0 Å². The van der Waals surface area contributed by atoms with Crippen LogP contribution in [0.25, 0.3) is 0 Å². The maximum atomic E-state index is 11.0. The smallest absolute Gasteiger partial charge is 0.379 e. The molecule has 0 amide bonds. The third-order valence-corrected chi connectivity index (χ3v) is 1.28. The van der Waals surface area contributed by atoms with E-state index in [2.05, 4.69) is 4.74 Å². The summed E-state index contributed by atoms with van der Waals surface area (Å²) in [7, 11) is 0. The molecule has 0 aliphatic rings. The molecule has 0 aromatic heterocycles. The molecular formula is C10H16O4. The molecule has 4 heteroatoms. The summed E-state index contributed by atoms with van der Waals surface area (Å²) in [4.78, 5) is 21.9. The van der Waals surface area contributed by atoms with Gasteiger partial charge in [-0.1, -0.05) is 13.8 Å². The van der Waals surface area contributed by atoms with Crippen LogP contribution in [-0.2, 0) is 19.1 Å². The molecule has 0 rings (SSSR count). The summed E-state index contributed by atoms with van der Waals surface area (Å²) in [5.41, 5.74) is 0. The van der Waals surface area contributed by atoms with Gasteiger partial charge in [-0.2, -0.15) is 0 Å². The molecule has 0 saturated heterocycles. The van der Waals surface area contributed by atoms with Gasteiger partial charge in [-0.15, -0.1) is 0 Å². The highest BCUT2D eigenvalue weighted by molar-refractivity contribution is 6.38. The number of ketones is 1. The second-order valence-corrected chi connectivity index (χ2v) is 2.67. The van der Waals surface area contributed by atoms with Gasteiger partial charge in [0.1, 0.15) is 0 Å². The number of hydrogen-bond acceptors (Lipinski definition) is 4. The van der Waals surface area contributed by atoms with Gasteiger partial charge >= 0.3 is 5.97 Å². The summed E-state index contributed by atoms with van der Waals surface area (Å²) in [6.07, 6.45) is 3.86. The van der Waals surface area contributed by atoms with Crippen molar-refractivity contribution >= 4 is 11.8 Å². The first-order chi connectivity index (χ1) is 6.72. The predicted octanol–water partition coefficient (Wildman–Crippen LogP) is 1.45. The molecule has 0 atom stereocenters. The van der Waals surface area contributed by atoms with Crippen molar-refractivity contribution in [2.24, 2.45) is 0 Å². The number of carbonyl (C=O) groups excluding carboxylic acids is 2. The fraction of sp³-hybridized carbons (Fsp3) is 0.600. The second-order valence-electron chi connectivity index (χ2n) is 2.67. The standard InChI is InChI=1S/C10H16O4/c1-3-6-13-8-5-9(11)10(12)14-7-4-2/h5,8H,3-4,6-7H2,1-2H3. The molecule has 0 aliphatic carbocycles. The fourth-order valence-corrected chi connectivity index (χ4v) is 0.630. The van der Waals surface area contributed by atoms with E-state index in [9.17, 15) is 9.59 Å². The van der Waals surface area contributed by atoms with Crippen molar-refractivity contribution in [3.8, 4) is 0 Å². The molecule has 0 bridgehead atoms. The van der Waals surface area contributed by atoms with Gasteiger partial charge in [-0.3, -0.25) is 4.79 Å². The Bertz CT molecular complexity index is 208. The van der Waals surface area contributed by atoms with Gasteiger partial charge in [0, 0.05) is 6.08 Å². The summed E-state index contributed by atoms with van der Waals surface area (Å²) in [6.45, 7) is 4.62. The number of rotatable bonds is 7. The maximum Gasteiger partial charge on any atom is 0.379 e. The molecule has 0 aliphatic heterocycles. The van der Waals surface area contributed by atoms with Crippen molar-refractivity contribution in [2.75, 3.05) is 13.2 Å². The van der Waals surface area contributed by atoms with Crippen LogP contribution >= 0.6 is 0 Å². The van der Waals surface area contributed by atoms with Crippen molar-refractivity contribution in [1.82, 2.24) is 0 Å². The lowest BCUT2D eigenvalue weighted by Gasteiger charge is -1.98. The van der Waals surface area contributed by atoms with Crippen LogP contribution in [0.5, 0.6) is 0 Å². The van der Waals surface area contributed by atoms with Crippen LogP contribution in [0.2, 0.25) is 0 Å². The highest BCUT2D eigenvalue weighted by Gasteiger charge is 2.10. The Balaban J connectivity index is 3.71.